The number of aromatic nitrogens is 1. The molecule has 4 rings (SSSR count). The van der Waals surface area contributed by atoms with Gasteiger partial charge in [-0.1, -0.05) is 12.1 Å². The third kappa shape index (κ3) is 3.15. The van der Waals surface area contributed by atoms with E-state index in [1.165, 1.54) is 10.9 Å². The van der Waals surface area contributed by atoms with Gasteiger partial charge in [0.05, 0.1) is 5.41 Å². The lowest BCUT2D eigenvalue weighted by molar-refractivity contribution is -0.148. The summed E-state index contributed by atoms with van der Waals surface area (Å²) < 4.78 is 0. The average Bonchev–Trinajstić information content (AvgIpc) is 3.28. The zero-order valence-electron chi connectivity index (χ0n) is 15.3. The SMILES string of the molecule is CSCCCN1CC2CN(Cc3cccc4[nH]ccc34)C[C@@]2(C(=O)O)C1. The molecule has 3 heterocycles. The molecular formula is C20H27N3O2S. The van der Waals surface area contributed by atoms with Gasteiger partial charge in [0.1, 0.15) is 0 Å². The Balaban J connectivity index is 1.46. The Labute approximate surface area is 158 Å². The van der Waals surface area contributed by atoms with Gasteiger partial charge in [0.2, 0.25) is 0 Å². The van der Waals surface area contributed by atoms with E-state index in [2.05, 4.69) is 45.3 Å². The molecule has 2 aliphatic rings. The van der Waals surface area contributed by atoms with Gasteiger partial charge in [-0.25, -0.2) is 0 Å². The van der Waals surface area contributed by atoms with E-state index in [9.17, 15) is 9.90 Å². The smallest absolute Gasteiger partial charge is 0.312 e. The van der Waals surface area contributed by atoms with E-state index in [-0.39, 0.29) is 5.92 Å². The van der Waals surface area contributed by atoms with Crippen molar-refractivity contribution in [2.45, 2.75) is 13.0 Å². The zero-order valence-corrected chi connectivity index (χ0v) is 16.1. The van der Waals surface area contributed by atoms with Crippen LogP contribution in [0.5, 0.6) is 0 Å². The first-order valence-electron chi connectivity index (χ1n) is 9.34. The van der Waals surface area contributed by atoms with Crippen LogP contribution < -0.4 is 0 Å². The number of carboxylic acid groups (broad SMARTS) is 1. The van der Waals surface area contributed by atoms with Crippen molar-refractivity contribution in [3.63, 3.8) is 0 Å². The quantitative estimate of drug-likeness (QED) is 0.731. The van der Waals surface area contributed by atoms with Gasteiger partial charge in [-0.05, 0) is 42.7 Å². The highest BCUT2D eigenvalue weighted by Crippen LogP contribution is 2.43. The second-order valence-corrected chi connectivity index (χ2v) is 8.75. The topological polar surface area (TPSA) is 59.6 Å². The van der Waals surface area contributed by atoms with Crippen LogP contribution in [0.15, 0.2) is 30.5 Å². The number of benzene rings is 1. The summed E-state index contributed by atoms with van der Waals surface area (Å²) in [4.78, 5) is 20.2. The molecule has 6 heteroatoms. The lowest BCUT2D eigenvalue weighted by Gasteiger charge is -2.25. The summed E-state index contributed by atoms with van der Waals surface area (Å²) in [5.74, 6) is 0.769. The van der Waals surface area contributed by atoms with Crippen molar-refractivity contribution in [1.82, 2.24) is 14.8 Å². The van der Waals surface area contributed by atoms with Crippen LogP contribution in [0.25, 0.3) is 10.9 Å². The lowest BCUT2D eigenvalue weighted by atomic mass is 9.81. The molecule has 140 valence electrons. The third-order valence-corrected chi connectivity index (χ3v) is 6.78. The molecule has 1 unspecified atom stereocenters. The number of hydrogen-bond acceptors (Lipinski definition) is 4. The molecule has 0 amide bonds. The standard InChI is InChI=1S/C20H27N3O2S/c1-26-9-3-8-22-11-16-12-23(14-20(16,13-22)19(24)25)10-15-4-2-5-18-17(15)6-7-21-18/h2,4-7,16,21H,3,8-14H2,1H3,(H,24,25)/t16?,20-/m0/s1. The minimum Gasteiger partial charge on any atom is -0.481 e. The van der Waals surface area contributed by atoms with E-state index >= 15 is 0 Å². The minimum absolute atomic E-state index is 0.236. The van der Waals surface area contributed by atoms with E-state index in [0.29, 0.717) is 13.1 Å². The first-order valence-corrected chi connectivity index (χ1v) is 10.7. The zero-order chi connectivity index (χ0) is 18.1. The van der Waals surface area contributed by atoms with Gasteiger partial charge in [-0.3, -0.25) is 9.69 Å². The van der Waals surface area contributed by atoms with Crippen molar-refractivity contribution in [2.75, 3.05) is 44.7 Å². The lowest BCUT2D eigenvalue weighted by Crippen LogP contribution is -2.41. The Morgan fingerprint density at radius 2 is 2.12 bits per heavy atom. The van der Waals surface area contributed by atoms with Crippen LogP contribution in [0.4, 0.5) is 0 Å². The Kier molecular flexibility index (Phi) is 4.99. The highest BCUT2D eigenvalue weighted by atomic mass is 32.2. The number of aromatic amines is 1. The van der Waals surface area contributed by atoms with Gasteiger partial charge in [-0.15, -0.1) is 0 Å². The molecular weight excluding hydrogens is 346 g/mol. The van der Waals surface area contributed by atoms with E-state index in [1.54, 1.807) is 0 Å². The fourth-order valence-corrected chi connectivity index (χ4v) is 5.25. The number of rotatable bonds is 7. The summed E-state index contributed by atoms with van der Waals surface area (Å²) in [6, 6.07) is 8.43. The maximum Gasteiger partial charge on any atom is 0.312 e. The second kappa shape index (κ2) is 7.25. The first kappa shape index (κ1) is 17.9. The van der Waals surface area contributed by atoms with Crippen LogP contribution in [-0.4, -0.2) is 70.6 Å². The summed E-state index contributed by atoms with van der Waals surface area (Å²) in [6.45, 7) is 5.01. The normalized spacial score (nSPS) is 26.6. The van der Waals surface area contributed by atoms with Gasteiger partial charge in [0.25, 0.3) is 0 Å². The summed E-state index contributed by atoms with van der Waals surface area (Å²) >= 11 is 1.86. The number of carboxylic acids is 1. The van der Waals surface area contributed by atoms with Gasteiger partial charge >= 0.3 is 5.97 Å². The van der Waals surface area contributed by atoms with Crippen LogP contribution in [0.3, 0.4) is 0 Å². The molecule has 2 aliphatic heterocycles. The van der Waals surface area contributed by atoms with E-state index < -0.39 is 11.4 Å². The highest BCUT2D eigenvalue weighted by Gasteiger charge is 2.57. The van der Waals surface area contributed by atoms with Crippen molar-refractivity contribution >= 4 is 28.6 Å². The van der Waals surface area contributed by atoms with Crippen molar-refractivity contribution in [3.05, 3.63) is 36.0 Å². The molecule has 0 radical (unpaired) electrons. The fourth-order valence-electron chi connectivity index (χ4n) is 4.83. The van der Waals surface area contributed by atoms with Gasteiger partial charge in [0.15, 0.2) is 0 Å². The predicted octanol–water partition coefficient (Wildman–Crippen LogP) is 2.74. The molecule has 5 nitrogen and oxygen atoms in total. The largest absolute Gasteiger partial charge is 0.481 e. The van der Waals surface area contributed by atoms with Gasteiger partial charge in [-0.2, -0.15) is 11.8 Å². The highest BCUT2D eigenvalue weighted by molar-refractivity contribution is 7.98. The summed E-state index contributed by atoms with van der Waals surface area (Å²) in [5.41, 5.74) is 1.83. The molecule has 0 aliphatic carbocycles. The minimum atomic E-state index is -0.614. The third-order valence-electron chi connectivity index (χ3n) is 6.08. The summed E-state index contributed by atoms with van der Waals surface area (Å²) in [6.07, 6.45) is 5.24. The number of likely N-dealkylation sites (tertiary alicyclic amines) is 2. The Hall–Kier alpha value is -1.50. The number of thioether (sulfide) groups is 1. The average molecular weight is 374 g/mol. The van der Waals surface area contributed by atoms with E-state index in [1.807, 2.05) is 18.0 Å². The maximum atomic E-state index is 12.2. The van der Waals surface area contributed by atoms with Crippen molar-refractivity contribution < 1.29 is 9.90 Å². The predicted molar refractivity (Wildman–Crippen MR) is 107 cm³/mol. The molecule has 2 N–H and O–H groups in total. The number of nitrogens with zero attached hydrogens (tertiary/aromatic N) is 2. The molecule has 2 atom stereocenters. The van der Waals surface area contributed by atoms with Crippen LogP contribution in [-0.2, 0) is 11.3 Å². The van der Waals surface area contributed by atoms with Crippen LogP contribution in [0.2, 0.25) is 0 Å². The van der Waals surface area contributed by atoms with Gasteiger partial charge in [0, 0.05) is 55.7 Å². The number of H-pyrrole nitrogens is 1. The number of aliphatic carboxylic acids is 1. The second-order valence-electron chi connectivity index (χ2n) is 7.77. The molecule has 2 fully saturated rings. The molecule has 0 bridgehead atoms. The molecule has 1 aromatic carbocycles. The Morgan fingerprint density at radius 3 is 2.88 bits per heavy atom. The first-order chi connectivity index (χ1) is 12.6. The Bertz CT molecular complexity index is 792. The number of nitrogens with one attached hydrogen (secondary N) is 1. The molecule has 0 spiro atoms. The fraction of sp³-hybridized carbons (Fsp3) is 0.550. The van der Waals surface area contributed by atoms with Gasteiger partial charge < -0.3 is 15.0 Å². The number of fused-ring (bicyclic) bond motifs is 2. The van der Waals surface area contributed by atoms with Crippen LogP contribution >= 0.6 is 11.8 Å². The van der Waals surface area contributed by atoms with E-state index in [0.717, 1.165) is 43.9 Å². The monoisotopic (exact) mass is 373 g/mol. The van der Waals surface area contributed by atoms with Crippen LogP contribution in [0, 0.1) is 11.3 Å². The van der Waals surface area contributed by atoms with Crippen LogP contribution in [0.1, 0.15) is 12.0 Å². The Morgan fingerprint density at radius 1 is 1.31 bits per heavy atom. The molecule has 2 saturated heterocycles. The number of carbonyl (C=O) groups is 1. The van der Waals surface area contributed by atoms with Crippen molar-refractivity contribution in [3.8, 4) is 0 Å². The van der Waals surface area contributed by atoms with Crippen molar-refractivity contribution in [1.29, 1.82) is 0 Å². The maximum absolute atomic E-state index is 12.2. The van der Waals surface area contributed by atoms with E-state index in [4.69, 9.17) is 0 Å². The summed E-state index contributed by atoms with van der Waals surface area (Å²) in [5, 5.41) is 11.3. The molecule has 26 heavy (non-hydrogen) atoms. The molecule has 0 saturated carbocycles. The van der Waals surface area contributed by atoms with Crippen molar-refractivity contribution in [2.24, 2.45) is 11.3 Å². The summed E-state index contributed by atoms with van der Waals surface area (Å²) in [7, 11) is 0. The number of hydrogen-bond donors (Lipinski definition) is 2. The molecule has 2 aromatic rings. The molecule has 1 aromatic heterocycles.